The highest BCUT2D eigenvalue weighted by atomic mass is 32.1. The molecule has 3 aliphatic carbocycles. The average molecular weight is 238 g/mol. The summed E-state index contributed by atoms with van der Waals surface area (Å²) in [5.41, 5.74) is 0. The van der Waals surface area contributed by atoms with Crippen LogP contribution in [0.2, 0.25) is 0 Å². The molecule has 0 spiro atoms. The monoisotopic (exact) mass is 238 g/mol. The molecule has 3 saturated carbocycles. The standard InChI is InChI=1S/C13H22N2S/c1-8(14-13(16)15-11-4-5-11)12-7-9-2-3-10(12)6-9/h8-12H,2-7H2,1H3,(H2,14,15,16). The molecule has 2 nitrogen and oxygen atoms in total. The van der Waals surface area contributed by atoms with Crippen LogP contribution in [0.25, 0.3) is 0 Å². The first-order valence-corrected chi connectivity index (χ1v) is 7.20. The van der Waals surface area contributed by atoms with Crippen LogP contribution in [0.4, 0.5) is 0 Å². The molecule has 2 bridgehead atoms. The van der Waals surface area contributed by atoms with Gasteiger partial charge in [0.25, 0.3) is 0 Å². The van der Waals surface area contributed by atoms with E-state index in [-0.39, 0.29) is 0 Å². The van der Waals surface area contributed by atoms with Gasteiger partial charge in [-0.05, 0) is 69.0 Å². The zero-order valence-electron chi connectivity index (χ0n) is 10.0. The van der Waals surface area contributed by atoms with Gasteiger partial charge in [0.2, 0.25) is 0 Å². The van der Waals surface area contributed by atoms with E-state index in [1.807, 2.05) is 0 Å². The molecule has 16 heavy (non-hydrogen) atoms. The summed E-state index contributed by atoms with van der Waals surface area (Å²) in [5.74, 6) is 2.89. The Morgan fingerprint density at radius 1 is 1.19 bits per heavy atom. The maximum Gasteiger partial charge on any atom is 0.166 e. The van der Waals surface area contributed by atoms with Gasteiger partial charge in [-0.3, -0.25) is 0 Å². The quantitative estimate of drug-likeness (QED) is 0.739. The van der Waals surface area contributed by atoms with Gasteiger partial charge in [-0.1, -0.05) is 6.42 Å². The Balaban J connectivity index is 1.48. The summed E-state index contributed by atoms with van der Waals surface area (Å²) in [6.45, 7) is 2.31. The summed E-state index contributed by atoms with van der Waals surface area (Å²) in [6.07, 6.45) is 8.46. The van der Waals surface area contributed by atoms with Gasteiger partial charge in [0.15, 0.2) is 5.11 Å². The molecular formula is C13H22N2S. The fraction of sp³-hybridized carbons (Fsp3) is 0.923. The Morgan fingerprint density at radius 3 is 2.56 bits per heavy atom. The number of rotatable bonds is 3. The van der Waals surface area contributed by atoms with Crippen LogP contribution in [0.5, 0.6) is 0 Å². The van der Waals surface area contributed by atoms with Crippen molar-refractivity contribution in [1.82, 2.24) is 10.6 Å². The van der Waals surface area contributed by atoms with Gasteiger partial charge in [0, 0.05) is 12.1 Å². The second-order valence-corrected chi connectivity index (χ2v) is 6.43. The first-order chi connectivity index (χ1) is 7.72. The Bertz CT molecular complexity index is 288. The van der Waals surface area contributed by atoms with Gasteiger partial charge in [-0.2, -0.15) is 0 Å². The molecule has 0 amide bonds. The first kappa shape index (κ1) is 10.8. The maximum absolute atomic E-state index is 5.35. The molecule has 90 valence electrons. The fourth-order valence-corrected chi connectivity index (χ4v) is 4.03. The van der Waals surface area contributed by atoms with E-state index in [4.69, 9.17) is 12.2 Å². The molecule has 0 saturated heterocycles. The zero-order chi connectivity index (χ0) is 11.1. The summed E-state index contributed by atoms with van der Waals surface area (Å²) in [4.78, 5) is 0. The van der Waals surface area contributed by atoms with Crippen LogP contribution in [-0.4, -0.2) is 17.2 Å². The minimum absolute atomic E-state index is 0.564. The summed E-state index contributed by atoms with van der Waals surface area (Å²) < 4.78 is 0. The van der Waals surface area contributed by atoms with Crippen LogP contribution in [0, 0.1) is 17.8 Å². The highest BCUT2D eigenvalue weighted by Crippen LogP contribution is 2.49. The molecule has 0 aromatic heterocycles. The van der Waals surface area contributed by atoms with Gasteiger partial charge < -0.3 is 10.6 Å². The molecule has 2 N–H and O–H groups in total. The maximum atomic E-state index is 5.35. The van der Waals surface area contributed by atoms with E-state index in [0.29, 0.717) is 12.1 Å². The molecule has 3 aliphatic rings. The van der Waals surface area contributed by atoms with E-state index < -0.39 is 0 Å². The van der Waals surface area contributed by atoms with E-state index in [9.17, 15) is 0 Å². The lowest BCUT2D eigenvalue weighted by Crippen LogP contribution is -2.45. The average Bonchev–Trinajstić information content (AvgIpc) is 2.81. The zero-order valence-corrected chi connectivity index (χ0v) is 10.9. The third-order valence-electron chi connectivity index (χ3n) is 4.71. The van der Waals surface area contributed by atoms with Crippen LogP contribution >= 0.6 is 12.2 Å². The van der Waals surface area contributed by atoms with E-state index in [1.165, 1.54) is 38.5 Å². The van der Waals surface area contributed by atoms with E-state index in [0.717, 1.165) is 22.9 Å². The smallest absolute Gasteiger partial charge is 0.166 e. The highest BCUT2D eigenvalue weighted by molar-refractivity contribution is 7.80. The minimum atomic E-state index is 0.564. The number of hydrogen-bond acceptors (Lipinski definition) is 1. The van der Waals surface area contributed by atoms with E-state index >= 15 is 0 Å². The summed E-state index contributed by atoms with van der Waals surface area (Å²) in [7, 11) is 0. The molecule has 3 fully saturated rings. The highest BCUT2D eigenvalue weighted by Gasteiger charge is 2.42. The van der Waals surface area contributed by atoms with Crippen molar-refractivity contribution in [3.05, 3.63) is 0 Å². The summed E-state index contributed by atoms with van der Waals surface area (Å²) >= 11 is 5.35. The predicted octanol–water partition coefficient (Wildman–Crippen LogP) is 2.44. The van der Waals surface area contributed by atoms with Crippen LogP contribution < -0.4 is 10.6 Å². The van der Waals surface area contributed by atoms with Gasteiger partial charge in [-0.15, -0.1) is 0 Å². The van der Waals surface area contributed by atoms with Crippen molar-refractivity contribution in [2.24, 2.45) is 17.8 Å². The van der Waals surface area contributed by atoms with Crippen molar-refractivity contribution in [2.45, 2.75) is 57.5 Å². The Morgan fingerprint density at radius 2 is 2.00 bits per heavy atom. The van der Waals surface area contributed by atoms with Crippen molar-refractivity contribution in [2.75, 3.05) is 0 Å². The second kappa shape index (κ2) is 4.17. The third-order valence-corrected chi connectivity index (χ3v) is 4.94. The van der Waals surface area contributed by atoms with Crippen molar-refractivity contribution in [3.63, 3.8) is 0 Å². The summed E-state index contributed by atoms with van der Waals surface area (Å²) in [6, 6.07) is 1.24. The SMILES string of the molecule is CC(NC(=S)NC1CC1)C1CC2CCC1C2. The topological polar surface area (TPSA) is 24.1 Å². The third kappa shape index (κ3) is 2.20. The molecule has 0 heterocycles. The summed E-state index contributed by atoms with van der Waals surface area (Å²) in [5, 5.41) is 7.76. The molecule has 0 aromatic rings. The molecule has 0 radical (unpaired) electrons. The lowest BCUT2D eigenvalue weighted by Gasteiger charge is -2.29. The van der Waals surface area contributed by atoms with Crippen LogP contribution in [0.15, 0.2) is 0 Å². The molecular weight excluding hydrogens is 216 g/mol. The van der Waals surface area contributed by atoms with Crippen LogP contribution in [-0.2, 0) is 0 Å². The number of thiocarbonyl (C=S) groups is 1. The van der Waals surface area contributed by atoms with E-state index in [2.05, 4.69) is 17.6 Å². The molecule has 0 aromatic carbocycles. The Labute approximate surface area is 104 Å². The molecule has 3 heteroatoms. The first-order valence-electron chi connectivity index (χ1n) is 6.79. The van der Waals surface area contributed by atoms with Crippen LogP contribution in [0.3, 0.4) is 0 Å². The van der Waals surface area contributed by atoms with Crippen LogP contribution in [0.1, 0.15) is 45.4 Å². The molecule has 4 unspecified atom stereocenters. The van der Waals surface area contributed by atoms with Gasteiger partial charge in [0.05, 0.1) is 0 Å². The molecule has 0 aliphatic heterocycles. The van der Waals surface area contributed by atoms with Crippen molar-refractivity contribution < 1.29 is 0 Å². The molecule has 4 atom stereocenters. The van der Waals surface area contributed by atoms with Gasteiger partial charge in [-0.25, -0.2) is 0 Å². The van der Waals surface area contributed by atoms with Crippen molar-refractivity contribution in [1.29, 1.82) is 0 Å². The Kier molecular flexibility index (Phi) is 2.82. The molecule has 3 rings (SSSR count). The normalized spacial score (nSPS) is 38.4. The lowest BCUT2D eigenvalue weighted by molar-refractivity contribution is 0.278. The number of hydrogen-bond donors (Lipinski definition) is 2. The second-order valence-electron chi connectivity index (χ2n) is 6.02. The van der Waals surface area contributed by atoms with Gasteiger partial charge >= 0.3 is 0 Å². The largest absolute Gasteiger partial charge is 0.360 e. The number of nitrogens with one attached hydrogen (secondary N) is 2. The Hall–Kier alpha value is -0.310. The van der Waals surface area contributed by atoms with Gasteiger partial charge in [0.1, 0.15) is 0 Å². The lowest BCUT2D eigenvalue weighted by atomic mass is 9.84. The van der Waals surface area contributed by atoms with Crippen molar-refractivity contribution >= 4 is 17.3 Å². The predicted molar refractivity (Wildman–Crippen MR) is 70.3 cm³/mol. The minimum Gasteiger partial charge on any atom is -0.360 e. The van der Waals surface area contributed by atoms with E-state index in [1.54, 1.807) is 0 Å². The number of fused-ring (bicyclic) bond motifs is 2. The van der Waals surface area contributed by atoms with Crippen molar-refractivity contribution in [3.8, 4) is 0 Å². The fourth-order valence-electron chi connectivity index (χ4n) is 3.67.